The second kappa shape index (κ2) is 7.86. The van der Waals surface area contributed by atoms with Crippen molar-refractivity contribution in [3.05, 3.63) is 69.6 Å². The molecule has 1 aromatic carbocycles. The third kappa shape index (κ3) is 3.54. The molecule has 152 valence electrons. The minimum atomic E-state index is -0.203. The Labute approximate surface area is 174 Å². The summed E-state index contributed by atoms with van der Waals surface area (Å²) in [4.78, 5) is 39.9. The van der Waals surface area contributed by atoms with E-state index in [1.807, 2.05) is 36.4 Å². The summed E-state index contributed by atoms with van der Waals surface area (Å²) < 4.78 is 0. The van der Waals surface area contributed by atoms with Crippen molar-refractivity contribution in [2.24, 2.45) is 5.92 Å². The van der Waals surface area contributed by atoms with E-state index in [0.717, 1.165) is 37.1 Å². The van der Waals surface area contributed by atoms with E-state index in [9.17, 15) is 9.59 Å². The molecule has 0 amide bonds. The lowest BCUT2D eigenvalue weighted by Crippen LogP contribution is -2.33. The van der Waals surface area contributed by atoms with Gasteiger partial charge in [0.15, 0.2) is 11.4 Å². The van der Waals surface area contributed by atoms with Crippen molar-refractivity contribution in [3.63, 3.8) is 0 Å². The first-order valence-corrected chi connectivity index (χ1v) is 10.6. The molecule has 1 atom stereocenters. The zero-order valence-corrected chi connectivity index (χ0v) is 16.8. The van der Waals surface area contributed by atoms with Gasteiger partial charge < -0.3 is 4.90 Å². The predicted octanol–water partition coefficient (Wildman–Crippen LogP) is 3.77. The minimum absolute atomic E-state index is 0.0351. The topological polar surface area (TPSA) is 79.0 Å². The lowest BCUT2D eigenvalue weighted by molar-refractivity contribution is 0.0959. The molecule has 2 aliphatic rings. The number of hydrogen-bond donors (Lipinski definition) is 1. The molecule has 0 spiro atoms. The number of hydrogen-bond acceptors (Lipinski definition) is 5. The summed E-state index contributed by atoms with van der Waals surface area (Å²) >= 11 is 0. The van der Waals surface area contributed by atoms with Crippen molar-refractivity contribution in [2.45, 2.75) is 32.1 Å². The number of aromatic amines is 1. The van der Waals surface area contributed by atoms with Crippen LogP contribution in [0.2, 0.25) is 0 Å². The highest BCUT2D eigenvalue weighted by molar-refractivity contribution is 6.02. The van der Waals surface area contributed by atoms with Gasteiger partial charge in [-0.3, -0.25) is 14.6 Å². The van der Waals surface area contributed by atoms with Crippen molar-refractivity contribution < 1.29 is 4.79 Å². The summed E-state index contributed by atoms with van der Waals surface area (Å²) in [5.41, 5.74) is 2.66. The molecule has 1 aliphatic heterocycles. The van der Waals surface area contributed by atoms with Gasteiger partial charge in [0.05, 0.1) is 5.39 Å². The maximum absolute atomic E-state index is 13.0. The first kappa shape index (κ1) is 18.7. The van der Waals surface area contributed by atoms with Gasteiger partial charge in [0.1, 0.15) is 0 Å². The van der Waals surface area contributed by atoms with Crippen LogP contribution in [0.5, 0.6) is 0 Å². The zero-order chi connectivity index (χ0) is 20.5. The molecule has 1 aliphatic carbocycles. The summed E-state index contributed by atoms with van der Waals surface area (Å²) in [6.07, 6.45) is 10.2. The van der Waals surface area contributed by atoms with E-state index in [1.54, 1.807) is 6.20 Å². The Balaban J connectivity index is 1.51. The number of ketones is 1. The number of aromatic nitrogens is 3. The molecule has 0 radical (unpaired) electrons. The van der Waals surface area contributed by atoms with Crippen LogP contribution >= 0.6 is 0 Å². The maximum atomic E-state index is 13.0. The number of nitrogens with one attached hydrogen (secondary N) is 1. The second-order valence-corrected chi connectivity index (χ2v) is 8.15. The molecule has 2 aromatic heterocycles. The molecule has 6 nitrogen and oxygen atoms in total. The summed E-state index contributed by atoms with van der Waals surface area (Å²) in [7, 11) is 0. The number of carbonyl (C=O) groups is 1. The van der Waals surface area contributed by atoms with Gasteiger partial charge >= 0.3 is 0 Å². The Morgan fingerprint density at radius 3 is 2.63 bits per heavy atom. The fourth-order valence-electron chi connectivity index (χ4n) is 4.49. The van der Waals surface area contributed by atoms with E-state index in [2.05, 4.69) is 25.9 Å². The van der Waals surface area contributed by atoms with Crippen LogP contribution in [-0.4, -0.2) is 33.8 Å². The molecule has 1 fully saturated rings. The highest BCUT2D eigenvalue weighted by atomic mass is 16.1. The van der Waals surface area contributed by atoms with E-state index >= 15 is 0 Å². The number of rotatable bonds is 3. The highest BCUT2D eigenvalue weighted by Crippen LogP contribution is 2.30. The molecule has 3 heterocycles. The number of fused-ring (bicyclic) bond motifs is 3. The number of carbonyl (C=O) groups excluding carboxylic acids is 1. The number of Topliss-reactive ketones (excluding diaryl/α,β-unsaturated/α-hetero) is 1. The fourth-order valence-corrected chi connectivity index (χ4v) is 4.49. The molecule has 1 N–H and O–H groups in total. The molecule has 5 rings (SSSR count). The van der Waals surface area contributed by atoms with E-state index in [4.69, 9.17) is 0 Å². The van der Waals surface area contributed by atoms with Crippen LogP contribution in [0.25, 0.3) is 17.1 Å². The van der Waals surface area contributed by atoms with Crippen LogP contribution in [-0.2, 0) is 6.42 Å². The first-order valence-electron chi connectivity index (χ1n) is 10.6. The lowest BCUT2D eigenvalue weighted by atomic mass is 9.82. The predicted molar refractivity (Wildman–Crippen MR) is 118 cm³/mol. The summed E-state index contributed by atoms with van der Waals surface area (Å²) in [6, 6.07) is 10.0. The highest BCUT2D eigenvalue weighted by Gasteiger charge is 2.28. The fraction of sp³-hybridized carbons (Fsp3) is 0.333. The van der Waals surface area contributed by atoms with Gasteiger partial charge in [0.2, 0.25) is 5.95 Å². The number of nitrogens with zero attached hydrogens (tertiary/aromatic N) is 3. The Morgan fingerprint density at radius 1 is 1.03 bits per heavy atom. The second-order valence-electron chi connectivity index (χ2n) is 8.15. The van der Waals surface area contributed by atoms with Gasteiger partial charge in [-0.15, -0.1) is 0 Å². The normalized spacial score (nSPS) is 19.4. The largest absolute Gasteiger partial charge is 0.342 e. The van der Waals surface area contributed by atoms with Gasteiger partial charge in [-0.2, -0.15) is 4.98 Å². The van der Waals surface area contributed by atoms with Crippen LogP contribution < -0.4 is 10.5 Å². The SMILES string of the molecule is O=C1C[C@@H](/C=C/c2ccccc2)Cc2c1cnc1nc(N3CCCCC3)[nH]c(=O)c21. The Hall–Kier alpha value is -3.28. The van der Waals surface area contributed by atoms with Gasteiger partial charge in [-0.25, -0.2) is 4.98 Å². The zero-order valence-electron chi connectivity index (χ0n) is 16.8. The lowest BCUT2D eigenvalue weighted by Gasteiger charge is -2.27. The Bertz CT molecular complexity index is 1180. The molecule has 1 saturated heterocycles. The summed E-state index contributed by atoms with van der Waals surface area (Å²) in [5.74, 6) is 0.673. The van der Waals surface area contributed by atoms with Crippen molar-refractivity contribution >= 4 is 28.8 Å². The van der Waals surface area contributed by atoms with E-state index in [1.165, 1.54) is 6.42 Å². The average Bonchev–Trinajstić information content (AvgIpc) is 2.78. The molecule has 30 heavy (non-hydrogen) atoms. The summed E-state index contributed by atoms with van der Waals surface area (Å²) in [5, 5.41) is 0.458. The quantitative estimate of drug-likeness (QED) is 0.724. The monoisotopic (exact) mass is 400 g/mol. The molecular formula is C24H24N4O2. The van der Waals surface area contributed by atoms with Crippen molar-refractivity contribution in [1.29, 1.82) is 0 Å². The average molecular weight is 400 g/mol. The van der Waals surface area contributed by atoms with Crippen LogP contribution in [0.1, 0.15) is 47.2 Å². The van der Waals surface area contributed by atoms with Crippen LogP contribution in [0.4, 0.5) is 5.95 Å². The Kier molecular flexibility index (Phi) is 4.91. The number of anilines is 1. The molecule has 0 saturated carbocycles. The van der Waals surface area contributed by atoms with E-state index in [0.29, 0.717) is 35.4 Å². The number of allylic oxidation sites excluding steroid dienone is 1. The van der Waals surface area contributed by atoms with Gasteiger partial charge in [0.25, 0.3) is 5.56 Å². The van der Waals surface area contributed by atoms with Crippen molar-refractivity contribution in [2.75, 3.05) is 18.0 Å². The third-order valence-corrected chi connectivity index (χ3v) is 6.06. The molecular weight excluding hydrogens is 376 g/mol. The number of H-pyrrole nitrogens is 1. The van der Waals surface area contributed by atoms with Gasteiger partial charge in [0, 0.05) is 31.3 Å². The van der Waals surface area contributed by atoms with Crippen LogP contribution in [0.3, 0.4) is 0 Å². The molecule has 0 unspecified atom stereocenters. The van der Waals surface area contributed by atoms with E-state index in [-0.39, 0.29) is 17.3 Å². The summed E-state index contributed by atoms with van der Waals surface area (Å²) in [6.45, 7) is 1.79. The number of benzene rings is 1. The van der Waals surface area contributed by atoms with Crippen molar-refractivity contribution in [1.82, 2.24) is 15.0 Å². The first-order chi connectivity index (χ1) is 14.7. The van der Waals surface area contributed by atoms with Crippen molar-refractivity contribution in [3.8, 4) is 0 Å². The smallest absolute Gasteiger partial charge is 0.262 e. The van der Waals surface area contributed by atoms with Crippen LogP contribution in [0.15, 0.2) is 47.4 Å². The molecule has 3 aromatic rings. The Morgan fingerprint density at radius 2 is 1.83 bits per heavy atom. The van der Waals surface area contributed by atoms with Gasteiger partial charge in [-0.05, 0) is 42.7 Å². The number of piperidine rings is 1. The third-order valence-electron chi connectivity index (χ3n) is 6.06. The minimum Gasteiger partial charge on any atom is -0.342 e. The molecule has 6 heteroatoms. The van der Waals surface area contributed by atoms with Crippen LogP contribution in [0, 0.1) is 5.92 Å². The van der Waals surface area contributed by atoms with E-state index < -0.39 is 0 Å². The molecule has 0 bridgehead atoms. The maximum Gasteiger partial charge on any atom is 0.262 e. The number of pyridine rings is 1. The van der Waals surface area contributed by atoms with Gasteiger partial charge in [-0.1, -0.05) is 42.5 Å². The standard InChI is InChI=1S/C24H24N4O2/c29-20-14-17(10-9-16-7-3-1-4-8-16)13-18-19(20)15-25-22-21(18)23(30)27-24(26-22)28-11-5-2-6-12-28/h1,3-4,7-10,15,17H,2,5-6,11-14H2,(H,25,26,27,30)/b10-9+/t17-/m0/s1.